The molecular formula is C19H20N2O2. The van der Waals surface area contributed by atoms with E-state index < -0.39 is 0 Å². The number of nitrogens with zero attached hydrogens (tertiary/aromatic N) is 2. The summed E-state index contributed by atoms with van der Waals surface area (Å²) in [6.07, 6.45) is 0.760. The fraction of sp³-hybridized carbons (Fsp3) is 0.263. The number of rotatable bonds is 4. The maximum Gasteiger partial charge on any atom is 0.263 e. The fourth-order valence-corrected chi connectivity index (χ4v) is 2.67. The summed E-state index contributed by atoms with van der Waals surface area (Å²) < 4.78 is 6.89. The van der Waals surface area contributed by atoms with Crippen LogP contribution in [0.4, 0.5) is 0 Å². The number of ether oxygens (including phenoxy) is 1. The Kier molecular flexibility index (Phi) is 4.15. The molecule has 0 radical (unpaired) electrons. The number of methoxy groups -OCH3 is 1. The SMILES string of the molecule is COc1ccc(C(=O)n2c(CC(C)C)nc3ccccc32)cc1. The zero-order valence-corrected chi connectivity index (χ0v) is 13.6. The lowest BCUT2D eigenvalue weighted by atomic mass is 10.1. The number of fused-ring (bicyclic) bond motifs is 1. The zero-order valence-electron chi connectivity index (χ0n) is 13.6. The third-order valence-corrected chi connectivity index (χ3v) is 3.76. The average molecular weight is 308 g/mol. The van der Waals surface area contributed by atoms with Crippen molar-refractivity contribution in [2.24, 2.45) is 5.92 Å². The van der Waals surface area contributed by atoms with Crippen LogP contribution in [0.1, 0.15) is 30.0 Å². The number of imidazole rings is 1. The summed E-state index contributed by atoms with van der Waals surface area (Å²) in [7, 11) is 1.61. The summed E-state index contributed by atoms with van der Waals surface area (Å²) in [5.74, 6) is 1.91. The largest absolute Gasteiger partial charge is 0.497 e. The van der Waals surface area contributed by atoms with Crippen molar-refractivity contribution >= 4 is 16.9 Å². The van der Waals surface area contributed by atoms with Crippen molar-refractivity contribution in [1.29, 1.82) is 0 Å². The maximum absolute atomic E-state index is 13.0. The molecule has 0 saturated carbocycles. The molecular weight excluding hydrogens is 288 g/mol. The molecule has 0 aliphatic rings. The van der Waals surface area contributed by atoms with Gasteiger partial charge in [-0.25, -0.2) is 4.98 Å². The number of hydrogen-bond acceptors (Lipinski definition) is 3. The van der Waals surface area contributed by atoms with Crippen molar-refractivity contribution in [3.8, 4) is 5.75 Å². The molecule has 0 fully saturated rings. The van der Waals surface area contributed by atoms with Crippen LogP contribution in [-0.4, -0.2) is 22.6 Å². The Morgan fingerprint density at radius 1 is 1.13 bits per heavy atom. The van der Waals surface area contributed by atoms with Gasteiger partial charge in [0.05, 0.1) is 18.1 Å². The molecule has 23 heavy (non-hydrogen) atoms. The topological polar surface area (TPSA) is 44.1 Å². The van der Waals surface area contributed by atoms with Crippen LogP contribution in [0, 0.1) is 5.92 Å². The lowest BCUT2D eigenvalue weighted by molar-refractivity contribution is 0.0961. The van der Waals surface area contributed by atoms with Gasteiger partial charge in [0.1, 0.15) is 11.6 Å². The van der Waals surface area contributed by atoms with Crippen LogP contribution in [0.15, 0.2) is 48.5 Å². The molecule has 118 valence electrons. The highest BCUT2D eigenvalue weighted by Crippen LogP contribution is 2.21. The first kappa shape index (κ1) is 15.3. The molecule has 4 nitrogen and oxygen atoms in total. The minimum absolute atomic E-state index is 0.0583. The molecule has 0 saturated heterocycles. The van der Waals surface area contributed by atoms with Crippen LogP contribution in [0.3, 0.4) is 0 Å². The highest BCUT2D eigenvalue weighted by Gasteiger charge is 2.18. The molecule has 0 spiro atoms. The summed E-state index contributed by atoms with van der Waals surface area (Å²) in [4.78, 5) is 17.7. The molecule has 0 N–H and O–H groups in total. The van der Waals surface area contributed by atoms with E-state index in [4.69, 9.17) is 4.74 Å². The molecule has 0 amide bonds. The van der Waals surface area contributed by atoms with Crippen LogP contribution in [0.5, 0.6) is 5.75 Å². The number of para-hydroxylation sites is 2. The standard InChI is InChI=1S/C19H20N2O2/c1-13(2)12-18-20-16-6-4-5-7-17(16)21(18)19(22)14-8-10-15(23-3)11-9-14/h4-11,13H,12H2,1-3H3. The highest BCUT2D eigenvalue weighted by molar-refractivity contribution is 6.01. The lowest BCUT2D eigenvalue weighted by Crippen LogP contribution is -2.16. The predicted molar refractivity (Wildman–Crippen MR) is 91.0 cm³/mol. The van der Waals surface area contributed by atoms with Crippen LogP contribution in [0.2, 0.25) is 0 Å². The van der Waals surface area contributed by atoms with Crippen LogP contribution in [0.25, 0.3) is 11.0 Å². The monoisotopic (exact) mass is 308 g/mol. The summed E-state index contributed by atoms with van der Waals surface area (Å²) >= 11 is 0. The predicted octanol–water partition coefficient (Wildman–Crippen LogP) is 3.93. The molecule has 0 aliphatic heterocycles. The third-order valence-electron chi connectivity index (χ3n) is 3.76. The average Bonchev–Trinajstić information content (AvgIpc) is 2.91. The van der Waals surface area contributed by atoms with Gasteiger partial charge >= 0.3 is 0 Å². The highest BCUT2D eigenvalue weighted by atomic mass is 16.5. The maximum atomic E-state index is 13.0. The van der Waals surface area contributed by atoms with E-state index in [9.17, 15) is 4.79 Å². The van der Waals surface area contributed by atoms with Gasteiger partial charge in [0.2, 0.25) is 0 Å². The van der Waals surface area contributed by atoms with E-state index in [0.717, 1.165) is 29.0 Å². The van der Waals surface area contributed by atoms with E-state index in [-0.39, 0.29) is 5.91 Å². The quantitative estimate of drug-likeness (QED) is 0.733. The second-order valence-corrected chi connectivity index (χ2v) is 5.98. The summed E-state index contributed by atoms with van der Waals surface area (Å²) in [6.45, 7) is 4.25. The Hall–Kier alpha value is -2.62. The first-order chi connectivity index (χ1) is 11.1. The third kappa shape index (κ3) is 2.97. The van der Waals surface area contributed by atoms with Crippen molar-refractivity contribution in [3.63, 3.8) is 0 Å². The molecule has 0 unspecified atom stereocenters. The second-order valence-electron chi connectivity index (χ2n) is 5.98. The molecule has 2 aromatic carbocycles. The van der Waals surface area contributed by atoms with Gasteiger partial charge in [0.25, 0.3) is 5.91 Å². The number of hydrogen-bond donors (Lipinski definition) is 0. The van der Waals surface area contributed by atoms with Crippen molar-refractivity contribution in [2.75, 3.05) is 7.11 Å². The number of aromatic nitrogens is 2. The molecule has 0 bridgehead atoms. The molecule has 0 atom stereocenters. The van der Waals surface area contributed by atoms with E-state index in [1.165, 1.54) is 0 Å². The minimum Gasteiger partial charge on any atom is -0.497 e. The van der Waals surface area contributed by atoms with Gasteiger partial charge < -0.3 is 4.74 Å². The first-order valence-electron chi connectivity index (χ1n) is 7.75. The van der Waals surface area contributed by atoms with Crippen LogP contribution < -0.4 is 4.74 Å². The van der Waals surface area contributed by atoms with Crippen molar-refractivity contribution in [1.82, 2.24) is 9.55 Å². The van der Waals surface area contributed by atoms with Gasteiger partial charge in [-0.2, -0.15) is 0 Å². The lowest BCUT2D eigenvalue weighted by Gasteiger charge is -2.10. The van der Waals surface area contributed by atoms with E-state index in [1.807, 2.05) is 24.3 Å². The van der Waals surface area contributed by atoms with Gasteiger partial charge in [-0.15, -0.1) is 0 Å². The molecule has 3 aromatic rings. The summed E-state index contributed by atoms with van der Waals surface area (Å²) in [5.41, 5.74) is 2.33. The van der Waals surface area contributed by atoms with Crippen LogP contribution >= 0.6 is 0 Å². The number of benzene rings is 2. The summed E-state index contributed by atoms with van der Waals surface area (Å²) in [5, 5.41) is 0. The Labute approximate surface area is 135 Å². The van der Waals surface area contributed by atoms with Gasteiger partial charge in [-0.1, -0.05) is 26.0 Å². The number of carbonyl (C=O) groups is 1. The molecule has 1 aromatic heterocycles. The van der Waals surface area contributed by atoms with E-state index >= 15 is 0 Å². The first-order valence-corrected chi connectivity index (χ1v) is 7.75. The van der Waals surface area contributed by atoms with Gasteiger partial charge in [0, 0.05) is 12.0 Å². The molecule has 0 aliphatic carbocycles. The summed E-state index contributed by atoms with van der Waals surface area (Å²) in [6, 6.07) is 14.9. The molecule has 4 heteroatoms. The van der Waals surface area contributed by atoms with E-state index in [1.54, 1.807) is 35.9 Å². The van der Waals surface area contributed by atoms with E-state index in [2.05, 4.69) is 18.8 Å². The van der Waals surface area contributed by atoms with Crippen molar-refractivity contribution in [2.45, 2.75) is 20.3 Å². The molecule has 3 rings (SSSR count). The van der Waals surface area contributed by atoms with E-state index in [0.29, 0.717) is 11.5 Å². The van der Waals surface area contributed by atoms with Gasteiger partial charge in [0.15, 0.2) is 0 Å². The normalized spacial score (nSPS) is 11.1. The second kappa shape index (κ2) is 6.24. The van der Waals surface area contributed by atoms with Gasteiger partial charge in [-0.05, 0) is 42.3 Å². The zero-order chi connectivity index (χ0) is 16.4. The van der Waals surface area contributed by atoms with Crippen molar-refractivity contribution in [3.05, 3.63) is 59.9 Å². The number of carbonyl (C=O) groups excluding carboxylic acids is 1. The fourth-order valence-electron chi connectivity index (χ4n) is 2.67. The van der Waals surface area contributed by atoms with Crippen LogP contribution in [-0.2, 0) is 6.42 Å². The van der Waals surface area contributed by atoms with Crippen molar-refractivity contribution < 1.29 is 9.53 Å². The smallest absolute Gasteiger partial charge is 0.263 e. The Morgan fingerprint density at radius 2 is 1.83 bits per heavy atom. The Bertz CT molecular complexity index is 832. The Morgan fingerprint density at radius 3 is 2.48 bits per heavy atom. The molecule has 1 heterocycles. The van der Waals surface area contributed by atoms with Gasteiger partial charge in [-0.3, -0.25) is 9.36 Å². The Balaban J connectivity index is 2.10. The minimum atomic E-state index is -0.0583.